The topological polar surface area (TPSA) is 9.23 Å². The molecule has 0 fully saturated rings. The van der Waals surface area contributed by atoms with Crippen LogP contribution in [0.4, 0.5) is 0 Å². The van der Waals surface area contributed by atoms with Gasteiger partial charge < -0.3 is 4.74 Å². The molecule has 0 N–H and O–H groups in total. The van der Waals surface area contributed by atoms with E-state index in [9.17, 15) is 0 Å². The minimum absolute atomic E-state index is 0.159. The van der Waals surface area contributed by atoms with Crippen LogP contribution in [0.15, 0.2) is 121 Å². The maximum atomic E-state index is 7.03. The van der Waals surface area contributed by atoms with Gasteiger partial charge in [0.2, 0.25) is 0 Å². The Morgan fingerprint density at radius 1 is 0.311 bits per heavy atom. The third-order valence-electron chi connectivity index (χ3n) is 9.22. The predicted molar refractivity (Wildman–Crippen MR) is 194 cm³/mol. The molecule has 0 heterocycles. The SMILES string of the molecule is c1ccc(CCCCCCCCCC(OC(CCCCCCCCCc2ccccc2)c2ccccc2)c2ccccc2)cc1. The van der Waals surface area contributed by atoms with E-state index >= 15 is 0 Å². The first-order chi connectivity index (χ1) is 22.4. The third kappa shape index (κ3) is 14.7. The molecule has 0 spiro atoms. The summed E-state index contributed by atoms with van der Waals surface area (Å²) in [6.07, 6.45) is 23.4. The van der Waals surface area contributed by atoms with Crippen LogP contribution in [0.1, 0.15) is 137 Å². The quantitative estimate of drug-likeness (QED) is 0.0725. The van der Waals surface area contributed by atoms with Crippen molar-refractivity contribution in [1.82, 2.24) is 0 Å². The van der Waals surface area contributed by atoms with Gasteiger partial charge in [-0.2, -0.15) is 0 Å². The summed E-state index contributed by atoms with van der Waals surface area (Å²) >= 11 is 0. The Morgan fingerprint density at radius 2 is 0.600 bits per heavy atom. The van der Waals surface area contributed by atoms with Gasteiger partial charge >= 0.3 is 0 Å². The normalized spacial score (nSPS) is 12.6. The van der Waals surface area contributed by atoms with Gasteiger partial charge in [0, 0.05) is 0 Å². The molecule has 2 atom stereocenters. The number of ether oxygens (including phenoxy) is 1. The van der Waals surface area contributed by atoms with Gasteiger partial charge in [-0.25, -0.2) is 0 Å². The van der Waals surface area contributed by atoms with Crippen LogP contribution in [0.25, 0.3) is 0 Å². The number of hydrogen-bond acceptors (Lipinski definition) is 1. The Morgan fingerprint density at radius 3 is 0.956 bits per heavy atom. The molecule has 2 unspecified atom stereocenters. The summed E-state index contributed by atoms with van der Waals surface area (Å²) in [5.74, 6) is 0. The molecule has 240 valence electrons. The lowest BCUT2D eigenvalue weighted by Gasteiger charge is -2.26. The molecule has 45 heavy (non-hydrogen) atoms. The van der Waals surface area contributed by atoms with Crippen molar-refractivity contribution in [3.8, 4) is 0 Å². The van der Waals surface area contributed by atoms with Crippen molar-refractivity contribution in [2.45, 2.75) is 128 Å². The molecule has 4 aromatic rings. The molecule has 0 aromatic heterocycles. The molecule has 1 heteroatoms. The molecule has 0 aliphatic heterocycles. The van der Waals surface area contributed by atoms with Gasteiger partial charge in [-0.3, -0.25) is 0 Å². The van der Waals surface area contributed by atoms with Gasteiger partial charge in [0.05, 0.1) is 12.2 Å². The molecule has 0 bridgehead atoms. The molecule has 0 saturated carbocycles. The molecule has 0 aliphatic rings. The minimum Gasteiger partial charge on any atom is -0.366 e. The Kier molecular flexibility index (Phi) is 17.2. The van der Waals surface area contributed by atoms with E-state index in [0.717, 1.165) is 12.8 Å². The minimum atomic E-state index is 0.159. The molecule has 0 amide bonds. The number of benzene rings is 4. The van der Waals surface area contributed by atoms with Crippen molar-refractivity contribution < 1.29 is 4.74 Å². The van der Waals surface area contributed by atoms with E-state index in [1.165, 1.54) is 125 Å². The zero-order chi connectivity index (χ0) is 31.0. The molecule has 4 aromatic carbocycles. The summed E-state index contributed by atoms with van der Waals surface area (Å²) < 4.78 is 7.03. The van der Waals surface area contributed by atoms with Crippen LogP contribution < -0.4 is 0 Å². The van der Waals surface area contributed by atoms with Crippen LogP contribution in [0.5, 0.6) is 0 Å². The van der Waals surface area contributed by atoms with Crippen LogP contribution in [0.2, 0.25) is 0 Å². The van der Waals surface area contributed by atoms with Crippen molar-refractivity contribution in [3.63, 3.8) is 0 Å². The van der Waals surface area contributed by atoms with Crippen LogP contribution in [-0.4, -0.2) is 0 Å². The van der Waals surface area contributed by atoms with Gasteiger partial charge in [0.15, 0.2) is 0 Å². The monoisotopic (exact) mass is 602 g/mol. The van der Waals surface area contributed by atoms with E-state index in [-0.39, 0.29) is 12.2 Å². The van der Waals surface area contributed by atoms with Crippen molar-refractivity contribution >= 4 is 0 Å². The molecular weight excluding hydrogens is 544 g/mol. The number of hydrogen-bond donors (Lipinski definition) is 0. The average Bonchev–Trinajstić information content (AvgIpc) is 3.10. The van der Waals surface area contributed by atoms with Crippen LogP contribution in [0, 0.1) is 0 Å². The molecule has 0 saturated heterocycles. The second kappa shape index (κ2) is 22.4. The van der Waals surface area contributed by atoms with Crippen molar-refractivity contribution in [2.24, 2.45) is 0 Å². The molecule has 1 nitrogen and oxygen atoms in total. The predicted octanol–water partition coefficient (Wildman–Crippen LogP) is 13.2. The highest BCUT2D eigenvalue weighted by atomic mass is 16.5. The number of aryl methyl sites for hydroxylation is 2. The van der Waals surface area contributed by atoms with E-state index in [1.807, 2.05) is 0 Å². The zero-order valence-corrected chi connectivity index (χ0v) is 27.8. The highest BCUT2D eigenvalue weighted by Crippen LogP contribution is 2.34. The largest absolute Gasteiger partial charge is 0.366 e. The van der Waals surface area contributed by atoms with Crippen LogP contribution in [-0.2, 0) is 17.6 Å². The van der Waals surface area contributed by atoms with Crippen LogP contribution in [0.3, 0.4) is 0 Å². The van der Waals surface area contributed by atoms with Crippen LogP contribution >= 0.6 is 0 Å². The lowest BCUT2D eigenvalue weighted by molar-refractivity contribution is -0.0264. The lowest BCUT2D eigenvalue weighted by atomic mass is 9.98. The highest BCUT2D eigenvalue weighted by Gasteiger charge is 2.20. The fourth-order valence-electron chi connectivity index (χ4n) is 6.54. The average molecular weight is 603 g/mol. The standard InChI is InChI=1S/C44H58O/c1(3-7-15-27-39-29-17-11-18-30-39)5-9-25-37-43(41-33-21-13-22-34-41)45-44(42-35-23-14-24-36-42)38-26-10-6-2-4-8-16-28-40-31-19-12-20-32-40/h11-14,17-24,29-36,43-44H,1-10,15-16,25-28,37-38H2. The molecule has 4 rings (SSSR count). The van der Waals surface area contributed by atoms with Gasteiger partial charge in [-0.1, -0.05) is 198 Å². The summed E-state index contributed by atoms with van der Waals surface area (Å²) in [7, 11) is 0. The second-order valence-corrected chi connectivity index (χ2v) is 12.9. The van der Waals surface area contributed by atoms with Gasteiger partial charge in [-0.15, -0.1) is 0 Å². The zero-order valence-electron chi connectivity index (χ0n) is 27.8. The fraction of sp³-hybridized carbons (Fsp3) is 0.455. The van der Waals surface area contributed by atoms with Gasteiger partial charge in [0.25, 0.3) is 0 Å². The van der Waals surface area contributed by atoms with Gasteiger partial charge in [0.1, 0.15) is 0 Å². The first-order valence-electron chi connectivity index (χ1n) is 18.2. The van der Waals surface area contributed by atoms with Gasteiger partial charge in [-0.05, 0) is 60.8 Å². The second-order valence-electron chi connectivity index (χ2n) is 12.9. The fourth-order valence-corrected chi connectivity index (χ4v) is 6.54. The van der Waals surface area contributed by atoms with E-state index in [0.29, 0.717) is 0 Å². The van der Waals surface area contributed by atoms with Crippen molar-refractivity contribution in [3.05, 3.63) is 144 Å². The number of unbranched alkanes of at least 4 members (excludes halogenated alkanes) is 12. The summed E-state index contributed by atoms with van der Waals surface area (Å²) in [6.45, 7) is 0. The molecular formula is C44H58O. The summed E-state index contributed by atoms with van der Waals surface area (Å²) in [5.41, 5.74) is 5.61. The number of rotatable bonds is 24. The van der Waals surface area contributed by atoms with Crippen molar-refractivity contribution in [2.75, 3.05) is 0 Å². The van der Waals surface area contributed by atoms with E-state index in [1.54, 1.807) is 0 Å². The van der Waals surface area contributed by atoms with E-state index in [2.05, 4.69) is 121 Å². The Balaban J connectivity index is 1.15. The third-order valence-corrected chi connectivity index (χ3v) is 9.22. The molecule has 0 aliphatic carbocycles. The van der Waals surface area contributed by atoms with Crippen molar-refractivity contribution in [1.29, 1.82) is 0 Å². The summed E-state index contributed by atoms with van der Waals surface area (Å²) in [5, 5.41) is 0. The maximum Gasteiger partial charge on any atom is 0.0833 e. The first kappa shape index (κ1) is 34.7. The Hall–Kier alpha value is -3.16. The first-order valence-corrected chi connectivity index (χ1v) is 18.2. The Labute approximate surface area is 275 Å². The van der Waals surface area contributed by atoms with E-state index in [4.69, 9.17) is 4.74 Å². The van der Waals surface area contributed by atoms with E-state index < -0.39 is 0 Å². The highest BCUT2D eigenvalue weighted by molar-refractivity contribution is 5.20. The maximum absolute atomic E-state index is 7.03. The molecule has 0 radical (unpaired) electrons. The lowest BCUT2D eigenvalue weighted by Crippen LogP contribution is -2.11. The summed E-state index contributed by atoms with van der Waals surface area (Å²) in [6, 6.07) is 43.8. The summed E-state index contributed by atoms with van der Waals surface area (Å²) in [4.78, 5) is 0. The smallest absolute Gasteiger partial charge is 0.0833 e. The Bertz CT molecular complexity index is 1120.